The molecule has 0 radical (unpaired) electrons. The number of hydrogen-bond donors (Lipinski definition) is 3. The van der Waals surface area contributed by atoms with Crippen LogP contribution in [0.25, 0.3) is 55.7 Å². The Morgan fingerprint density at radius 3 is 2.71 bits per heavy atom. The predicted octanol–water partition coefficient (Wildman–Crippen LogP) is 5.02. The van der Waals surface area contributed by atoms with Gasteiger partial charge in [0.25, 0.3) is 0 Å². The van der Waals surface area contributed by atoms with E-state index in [-0.39, 0.29) is 11.6 Å². The third kappa shape index (κ3) is 4.53. The van der Waals surface area contributed by atoms with Crippen molar-refractivity contribution in [2.75, 3.05) is 27.2 Å². The minimum atomic E-state index is -0.372. The average Bonchev–Trinajstić information content (AvgIpc) is 3.51. The molecule has 0 atom stereocenters. The number of rotatable bonds is 7. The quantitative estimate of drug-likeness (QED) is 0.277. The smallest absolute Gasteiger partial charge is 0.138 e. The van der Waals surface area contributed by atoms with E-state index in [2.05, 4.69) is 30.1 Å². The molecule has 0 saturated heterocycles. The van der Waals surface area contributed by atoms with E-state index in [1.54, 1.807) is 24.7 Å². The van der Waals surface area contributed by atoms with Crippen LogP contribution in [0.1, 0.15) is 0 Å². The van der Waals surface area contributed by atoms with Crippen LogP contribution in [-0.2, 0) is 0 Å². The maximum Gasteiger partial charge on any atom is 0.138 e. The molecule has 38 heavy (non-hydrogen) atoms. The summed E-state index contributed by atoms with van der Waals surface area (Å²) in [6.07, 6.45) is 6.40. The van der Waals surface area contributed by atoms with Crippen LogP contribution in [0.4, 0.5) is 4.39 Å². The van der Waals surface area contributed by atoms with Gasteiger partial charge in [-0.05, 0) is 61.6 Å². The first-order valence-electron chi connectivity index (χ1n) is 12.0. The second kappa shape index (κ2) is 9.56. The molecule has 0 unspecified atom stereocenters. The summed E-state index contributed by atoms with van der Waals surface area (Å²) in [5.41, 5.74) is 5.70. The maximum atomic E-state index is 14.6. The van der Waals surface area contributed by atoms with Crippen molar-refractivity contribution in [3.05, 3.63) is 73.1 Å². The topological polar surface area (TPSA) is 116 Å². The first kappa shape index (κ1) is 23.6. The molecule has 190 valence electrons. The Hall–Kier alpha value is -4.83. The molecule has 5 aromatic heterocycles. The highest BCUT2D eigenvalue weighted by Gasteiger charge is 2.16. The Morgan fingerprint density at radius 2 is 1.87 bits per heavy atom. The van der Waals surface area contributed by atoms with Gasteiger partial charge >= 0.3 is 0 Å². The van der Waals surface area contributed by atoms with Crippen molar-refractivity contribution in [3.8, 4) is 45.3 Å². The molecule has 0 fully saturated rings. The monoisotopic (exact) mass is 509 g/mol. The molecular formula is C28H24FN7O2. The van der Waals surface area contributed by atoms with E-state index in [0.717, 1.165) is 34.1 Å². The van der Waals surface area contributed by atoms with Crippen LogP contribution >= 0.6 is 0 Å². The molecule has 6 rings (SSSR count). The van der Waals surface area contributed by atoms with Crippen molar-refractivity contribution >= 4 is 21.9 Å². The zero-order chi connectivity index (χ0) is 26.2. The average molecular weight is 510 g/mol. The summed E-state index contributed by atoms with van der Waals surface area (Å²) in [6.45, 7) is 1.18. The highest BCUT2D eigenvalue weighted by Crippen LogP contribution is 2.35. The standard InChI is InChI=1S/C28H24FN7O2/c1-36(2)5-6-38-20-9-16(7-18(29)10-20)21-3-4-31-28-22(21)11-25(33-28)27-23-12-24(32-15-26(23)34-35-27)17-8-19(37)14-30-13-17/h3-4,7-15,37H,5-6H2,1-2H3,(H,31,33)(H,34,35). The first-order chi connectivity index (χ1) is 18.4. The van der Waals surface area contributed by atoms with Gasteiger partial charge < -0.3 is 19.7 Å². The molecule has 0 bridgehead atoms. The van der Waals surface area contributed by atoms with Gasteiger partial charge in [-0.2, -0.15) is 5.10 Å². The minimum absolute atomic E-state index is 0.0645. The minimum Gasteiger partial charge on any atom is -0.506 e. The number of H-pyrrole nitrogens is 2. The van der Waals surface area contributed by atoms with Gasteiger partial charge in [-0.25, -0.2) is 9.37 Å². The predicted molar refractivity (Wildman–Crippen MR) is 143 cm³/mol. The molecule has 0 saturated carbocycles. The number of fused-ring (bicyclic) bond motifs is 2. The third-order valence-corrected chi connectivity index (χ3v) is 6.24. The Kier molecular flexibility index (Phi) is 5.93. The highest BCUT2D eigenvalue weighted by atomic mass is 19.1. The maximum absolute atomic E-state index is 14.6. The van der Waals surface area contributed by atoms with E-state index < -0.39 is 0 Å². The van der Waals surface area contributed by atoms with E-state index in [4.69, 9.17) is 4.74 Å². The highest BCUT2D eigenvalue weighted by molar-refractivity contribution is 6.00. The lowest BCUT2D eigenvalue weighted by Crippen LogP contribution is -2.19. The van der Waals surface area contributed by atoms with Gasteiger partial charge in [-0.15, -0.1) is 0 Å². The summed E-state index contributed by atoms with van der Waals surface area (Å²) in [5, 5.41) is 19.0. The van der Waals surface area contributed by atoms with Crippen molar-refractivity contribution in [1.29, 1.82) is 0 Å². The molecule has 0 aliphatic carbocycles. The molecule has 1 aromatic carbocycles. The number of ether oxygens (including phenoxy) is 1. The molecule has 5 heterocycles. The summed E-state index contributed by atoms with van der Waals surface area (Å²) in [5.74, 6) is 0.166. The van der Waals surface area contributed by atoms with Crippen LogP contribution in [0.2, 0.25) is 0 Å². The molecule has 3 N–H and O–H groups in total. The molecule has 0 aliphatic rings. The summed E-state index contributed by atoms with van der Waals surface area (Å²) in [7, 11) is 3.92. The number of aromatic hydroxyl groups is 1. The second-order valence-electron chi connectivity index (χ2n) is 9.25. The molecule has 6 aromatic rings. The Balaban J connectivity index is 1.40. The third-order valence-electron chi connectivity index (χ3n) is 6.24. The lowest BCUT2D eigenvalue weighted by Gasteiger charge is -2.12. The van der Waals surface area contributed by atoms with Crippen LogP contribution < -0.4 is 4.74 Å². The van der Waals surface area contributed by atoms with Crippen molar-refractivity contribution in [1.82, 2.24) is 35.0 Å². The van der Waals surface area contributed by atoms with Crippen molar-refractivity contribution in [2.24, 2.45) is 0 Å². The summed E-state index contributed by atoms with van der Waals surface area (Å²) in [6, 6.07) is 12.0. The van der Waals surface area contributed by atoms with E-state index in [0.29, 0.717) is 40.5 Å². The van der Waals surface area contributed by atoms with Gasteiger partial charge in [0.1, 0.15) is 35.3 Å². The summed E-state index contributed by atoms with van der Waals surface area (Å²) in [4.78, 5) is 18.4. The van der Waals surface area contributed by atoms with E-state index in [1.165, 1.54) is 18.3 Å². The molecule has 0 amide bonds. The fraction of sp³-hybridized carbons (Fsp3) is 0.143. The number of aromatic nitrogens is 6. The van der Waals surface area contributed by atoms with E-state index in [9.17, 15) is 9.50 Å². The van der Waals surface area contributed by atoms with Gasteiger partial charge in [-0.3, -0.25) is 15.1 Å². The summed E-state index contributed by atoms with van der Waals surface area (Å²) >= 11 is 0. The zero-order valence-corrected chi connectivity index (χ0v) is 20.7. The molecule has 0 spiro atoms. The normalized spacial score (nSPS) is 11.6. The lowest BCUT2D eigenvalue weighted by molar-refractivity contribution is 0.260. The van der Waals surface area contributed by atoms with Crippen molar-refractivity contribution < 1.29 is 14.2 Å². The zero-order valence-electron chi connectivity index (χ0n) is 20.7. The van der Waals surface area contributed by atoms with Crippen LogP contribution in [0, 0.1) is 5.82 Å². The largest absolute Gasteiger partial charge is 0.506 e. The van der Waals surface area contributed by atoms with Gasteiger partial charge in [-0.1, -0.05) is 0 Å². The number of nitrogens with zero attached hydrogens (tertiary/aromatic N) is 5. The number of benzene rings is 1. The van der Waals surface area contributed by atoms with Crippen LogP contribution in [0.3, 0.4) is 0 Å². The van der Waals surface area contributed by atoms with Gasteiger partial charge in [0.2, 0.25) is 0 Å². The van der Waals surface area contributed by atoms with Gasteiger partial charge in [0, 0.05) is 41.3 Å². The van der Waals surface area contributed by atoms with E-state index in [1.807, 2.05) is 43.3 Å². The molecule has 10 heteroatoms. The first-order valence-corrected chi connectivity index (χ1v) is 12.0. The lowest BCUT2D eigenvalue weighted by atomic mass is 10.0. The molecule has 0 aliphatic heterocycles. The number of aromatic amines is 2. The number of halogens is 1. The molecule has 9 nitrogen and oxygen atoms in total. The Bertz CT molecular complexity index is 1780. The van der Waals surface area contributed by atoms with Crippen LogP contribution in [0.15, 0.2) is 67.3 Å². The SMILES string of the molecule is CN(C)CCOc1cc(F)cc(-c2ccnc3[nH]c(-c4n[nH]c5cnc(-c6cncc(O)c6)cc45)cc23)c1. The fourth-order valence-electron chi connectivity index (χ4n) is 4.40. The van der Waals surface area contributed by atoms with Crippen LogP contribution in [0.5, 0.6) is 11.5 Å². The number of hydrogen-bond acceptors (Lipinski definition) is 7. The molecular weight excluding hydrogens is 485 g/mol. The fourth-order valence-corrected chi connectivity index (χ4v) is 4.40. The van der Waals surface area contributed by atoms with Crippen LogP contribution in [-0.4, -0.2) is 67.4 Å². The summed E-state index contributed by atoms with van der Waals surface area (Å²) < 4.78 is 20.3. The number of pyridine rings is 3. The Labute approximate surface area is 217 Å². The van der Waals surface area contributed by atoms with Gasteiger partial charge in [0.15, 0.2) is 0 Å². The van der Waals surface area contributed by atoms with Gasteiger partial charge in [0.05, 0.1) is 29.3 Å². The second-order valence-corrected chi connectivity index (χ2v) is 9.25. The van der Waals surface area contributed by atoms with E-state index >= 15 is 0 Å². The Morgan fingerprint density at radius 1 is 0.974 bits per heavy atom. The number of likely N-dealkylation sites (N-methyl/N-ethyl adjacent to an activating group) is 1. The number of nitrogens with one attached hydrogen (secondary N) is 2. The van der Waals surface area contributed by atoms with Crippen molar-refractivity contribution in [3.63, 3.8) is 0 Å². The van der Waals surface area contributed by atoms with Crippen molar-refractivity contribution in [2.45, 2.75) is 0 Å².